The maximum absolute atomic E-state index is 6.44. The molecular weight excluding hydrogens is 422 g/mol. The number of nitrogens with zero attached hydrogens (tertiary/aromatic N) is 3. The lowest BCUT2D eigenvalue weighted by atomic mass is 9.93. The summed E-state index contributed by atoms with van der Waals surface area (Å²) in [6, 6.07) is 22.9. The van der Waals surface area contributed by atoms with Crippen molar-refractivity contribution in [3.63, 3.8) is 0 Å². The highest BCUT2D eigenvalue weighted by Gasteiger charge is 2.44. The Hall–Kier alpha value is -3.57. The van der Waals surface area contributed by atoms with Crippen molar-refractivity contribution in [2.45, 2.75) is 50.4 Å². The van der Waals surface area contributed by atoms with Crippen LogP contribution < -0.4 is 9.64 Å². The Labute approximate surface area is 199 Å². The number of pyridine rings is 1. The molecule has 5 heteroatoms. The molecule has 4 aromatic rings. The predicted octanol–water partition coefficient (Wildman–Crippen LogP) is 6.78. The normalized spacial score (nSPS) is 23.3. The third-order valence-corrected chi connectivity index (χ3v) is 7.73. The van der Waals surface area contributed by atoms with Gasteiger partial charge in [0, 0.05) is 48.2 Å². The predicted molar refractivity (Wildman–Crippen MR) is 132 cm³/mol. The van der Waals surface area contributed by atoms with Gasteiger partial charge in [-0.1, -0.05) is 24.3 Å². The van der Waals surface area contributed by atoms with Crippen LogP contribution in [0.1, 0.15) is 31.2 Å². The highest BCUT2D eigenvalue weighted by Crippen LogP contribution is 2.51. The van der Waals surface area contributed by atoms with Crippen molar-refractivity contribution in [1.29, 1.82) is 0 Å². The number of fused-ring (bicyclic) bond motifs is 4. The molecule has 1 unspecified atom stereocenters. The lowest BCUT2D eigenvalue weighted by Gasteiger charge is -2.46. The van der Waals surface area contributed by atoms with Gasteiger partial charge in [0.05, 0.1) is 23.9 Å². The zero-order valence-corrected chi connectivity index (χ0v) is 19.0. The first kappa shape index (κ1) is 19.9. The number of piperidine rings is 1. The summed E-state index contributed by atoms with van der Waals surface area (Å²) in [6.07, 6.45) is 12.3. The molecule has 3 aliphatic rings. The highest BCUT2D eigenvalue weighted by atomic mass is 16.5. The Bertz CT molecular complexity index is 1290. The number of benzene rings is 2. The van der Waals surface area contributed by atoms with E-state index in [0.717, 1.165) is 42.0 Å². The summed E-state index contributed by atoms with van der Waals surface area (Å²) < 4.78 is 11.8. The largest absolute Gasteiger partial charge is 0.472 e. The lowest BCUT2D eigenvalue weighted by molar-refractivity contribution is 0.119. The Kier molecular flexibility index (Phi) is 4.69. The third kappa shape index (κ3) is 3.31. The molecule has 5 nitrogen and oxygen atoms in total. The molecule has 5 heterocycles. The van der Waals surface area contributed by atoms with Gasteiger partial charge in [-0.15, -0.1) is 0 Å². The van der Waals surface area contributed by atoms with Crippen LogP contribution in [0.2, 0.25) is 0 Å². The number of para-hydroxylation sites is 2. The van der Waals surface area contributed by atoms with Crippen molar-refractivity contribution >= 4 is 11.4 Å². The molecule has 34 heavy (non-hydrogen) atoms. The van der Waals surface area contributed by atoms with Gasteiger partial charge in [0.2, 0.25) is 0 Å². The maximum Gasteiger partial charge on any atom is 0.151 e. The van der Waals surface area contributed by atoms with E-state index in [9.17, 15) is 0 Å². The summed E-state index contributed by atoms with van der Waals surface area (Å²) in [7, 11) is 0. The second kappa shape index (κ2) is 8.03. The molecule has 0 amide bonds. The van der Waals surface area contributed by atoms with Crippen LogP contribution in [-0.4, -0.2) is 28.0 Å². The average Bonchev–Trinajstić information content (AvgIpc) is 3.47. The monoisotopic (exact) mass is 449 g/mol. The van der Waals surface area contributed by atoms with Crippen LogP contribution in [0, 0.1) is 0 Å². The van der Waals surface area contributed by atoms with Crippen LogP contribution in [-0.2, 0) is 6.54 Å². The molecule has 0 radical (unpaired) electrons. The van der Waals surface area contributed by atoms with Gasteiger partial charge in [-0.2, -0.15) is 0 Å². The van der Waals surface area contributed by atoms with Gasteiger partial charge < -0.3 is 14.1 Å². The fourth-order valence-electron chi connectivity index (χ4n) is 6.20. The molecule has 3 atom stereocenters. The minimum absolute atomic E-state index is 0.450. The van der Waals surface area contributed by atoms with Gasteiger partial charge >= 0.3 is 0 Å². The minimum Gasteiger partial charge on any atom is -0.472 e. The molecule has 2 fully saturated rings. The first-order chi connectivity index (χ1) is 16.8. The quantitative estimate of drug-likeness (QED) is 0.343. The first-order valence-electron chi connectivity index (χ1n) is 12.2. The summed E-state index contributed by atoms with van der Waals surface area (Å²) in [5.41, 5.74) is 5.85. The molecule has 7 rings (SSSR count). The van der Waals surface area contributed by atoms with Crippen LogP contribution >= 0.6 is 0 Å². The van der Waals surface area contributed by atoms with Gasteiger partial charge in [-0.25, -0.2) is 0 Å². The lowest BCUT2D eigenvalue weighted by Crippen LogP contribution is -2.49. The van der Waals surface area contributed by atoms with Crippen LogP contribution in [0.15, 0.2) is 90.0 Å². The maximum atomic E-state index is 6.44. The molecule has 2 aromatic carbocycles. The van der Waals surface area contributed by atoms with E-state index in [4.69, 9.17) is 9.15 Å². The van der Waals surface area contributed by atoms with Gasteiger partial charge in [0.15, 0.2) is 11.5 Å². The van der Waals surface area contributed by atoms with Gasteiger partial charge in [0.1, 0.15) is 0 Å². The summed E-state index contributed by atoms with van der Waals surface area (Å²) in [5, 5.41) is 0. The van der Waals surface area contributed by atoms with E-state index in [-0.39, 0.29) is 0 Å². The van der Waals surface area contributed by atoms with Crippen molar-refractivity contribution in [2.24, 2.45) is 0 Å². The number of ether oxygens (including phenoxy) is 1. The van der Waals surface area contributed by atoms with Crippen LogP contribution in [0.3, 0.4) is 0 Å². The first-order valence-corrected chi connectivity index (χ1v) is 12.2. The molecule has 2 aromatic heterocycles. The molecule has 3 aliphatic heterocycles. The second-order valence-electron chi connectivity index (χ2n) is 9.68. The Morgan fingerprint density at radius 3 is 2.47 bits per heavy atom. The second-order valence-corrected chi connectivity index (χ2v) is 9.68. The number of hydrogen-bond donors (Lipinski definition) is 0. The van der Waals surface area contributed by atoms with Crippen LogP contribution in [0.5, 0.6) is 11.5 Å². The van der Waals surface area contributed by atoms with E-state index >= 15 is 0 Å². The molecule has 0 N–H and O–H groups in total. The Morgan fingerprint density at radius 1 is 0.824 bits per heavy atom. The standard InChI is InChI=1S/C29H27N3O2/c1-2-6-28-26(5-1)32(27-10-7-21(14-29(27)34-28)22-4-3-12-30-17-22)25-15-23-8-9-24(16-25)31(23)18-20-11-13-33-19-20/h1-7,10-14,17,19,23-25H,8-9,15-16,18H2/t23-,24+,25?. The van der Waals surface area contributed by atoms with Crippen LogP contribution in [0.25, 0.3) is 11.1 Å². The van der Waals surface area contributed by atoms with E-state index in [1.807, 2.05) is 24.7 Å². The number of furan rings is 1. The van der Waals surface area contributed by atoms with Crippen LogP contribution in [0.4, 0.5) is 11.4 Å². The summed E-state index contributed by atoms with van der Waals surface area (Å²) in [4.78, 5) is 9.56. The molecular formula is C29H27N3O2. The van der Waals surface area contributed by atoms with Crippen molar-refractivity contribution in [1.82, 2.24) is 9.88 Å². The average molecular weight is 450 g/mol. The fourth-order valence-corrected chi connectivity index (χ4v) is 6.20. The number of aromatic nitrogens is 1. The zero-order chi connectivity index (χ0) is 22.5. The van der Waals surface area contributed by atoms with Crippen molar-refractivity contribution in [2.75, 3.05) is 4.90 Å². The molecule has 0 spiro atoms. The van der Waals surface area contributed by atoms with Gasteiger partial charge in [-0.3, -0.25) is 9.88 Å². The van der Waals surface area contributed by atoms with Gasteiger partial charge in [-0.05, 0) is 67.6 Å². The van der Waals surface area contributed by atoms with E-state index in [2.05, 4.69) is 69.4 Å². The van der Waals surface area contributed by atoms with E-state index in [1.165, 1.54) is 29.8 Å². The number of hydrogen-bond acceptors (Lipinski definition) is 5. The molecule has 2 bridgehead atoms. The third-order valence-electron chi connectivity index (χ3n) is 7.73. The van der Waals surface area contributed by atoms with E-state index < -0.39 is 0 Å². The van der Waals surface area contributed by atoms with Crippen molar-refractivity contribution in [3.8, 4) is 22.6 Å². The Balaban J connectivity index is 1.23. The van der Waals surface area contributed by atoms with E-state index in [1.54, 1.807) is 6.26 Å². The topological polar surface area (TPSA) is 41.7 Å². The van der Waals surface area contributed by atoms with Crippen molar-refractivity contribution in [3.05, 3.63) is 91.1 Å². The number of anilines is 2. The molecule has 0 saturated carbocycles. The molecule has 0 aliphatic carbocycles. The summed E-state index contributed by atoms with van der Waals surface area (Å²) >= 11 is 0. The molecule has 2 saturated heterocycles. The van der Waals surface area contributed by atoms with E-state index in [0.29, 0.717) is 18.1 Å². The number of rotatable bonds is 4. The summed E-state index contributed by atoms with van der Waals surface area (Å²) in [5.74, 6) is 1.86. The Morgan fingerprint density at radius 2 is 1.68 bits per heavy atom. The highest BCUT2D eigenvalue weighted by molar-refractivity contribution is 5.81. The summed E-state index contributed by atoms with van der Waals surface area (Å²) in [6.45, 7) is 0.989. The fraction of sp³-hybridized carbons (Fsp3) is 0.276. The van der Waals surface area contributed by atoms with Crippen molar-refractivity contribution < 1.29 is 9.15 Å². The molecule has 170 valence electrons. The zero-order valence-electron chi connectivity index (χ0n) is 19.0. The van der Waals surface area contributed by atoms with Gasteiger partial charge in [0.25, 0.3) is 0 Å². The SMILES string of the molecule is c1cncc(-c2ccc3c(c2)Oc2ccccc2N3C2C[C@H]3CC[C@@H](C2)N3Cc2ccoc2)c1. The smallest absolute Gasteiger partial charge is 0.151 e. The minimum atomic E-state index is 0.450.